The van der Waals surface area contributed by atoms with Crippen molar-refractivity contribution in [1.29, 1.82) is 0 Å². The Morgan fingerprint density at radius 3 is 2.93 bits per heavy atom. The second kappa shape index (κ2) is 7.01. The van der Waals surface area contributed by atoms with Crippen molar-refractivity contribution in [2.45, 2.75) is 25.0 Å². The fourth-order valence-electron chi connectivity index (χ4n) is 3.90. The molecule has 6 nitrogen and oxygen atoms in total. The lowest BCUT2D eigenvalue weighted by Gasteiger charge is -2.48. The molecule has 0 spiro atoms. The molecule has 4 rings (SSSR count). The molecule has 2 aliphatic heterocycles. The predicted octanol–water partition coefficient (Wildman–Crippen LogP) is 3.22. The highest BCUT2D eigenvalue weighted by Crippen LogP contribution is 2.50. The second-order valence-electron chi connectivity index (χ2n) is 7.17. The number of amidine groups is 1. The van der Waals surface area contributed by atoms with Crippen LogP contribution in [-0.2, 0) is 9.47 Å². The largest absolute Gasteiger partial charge is 0.487 e. The molecule has 28 heavy (non-hydrogen) atoms. The first-order valence-corrected chi connectivity index (χ1v) is 9.01. The van der Waals surface area contributed by atoms with E-state index in [1.54, 1.807) is 12.1 Å². The third-order valence-corrected chi connectivity index (χ3v) is 5.49. The first kappa shape index (κ1) is 18.6. The summed E-state index contributed by atoms with van der Waals surface area (Å²) >= 11 is 0. The first-order valence-electron chi connectivity index (χ1n) is 9.01. The minimum Gasteiger partial charge on any atom is -0.487 e. The van der Waals surface area contributed by atoms with Gasteiger partial charge in [-0.15, -0.1) is 0 Å². The lowest BCUT2D eigenvalue weighted by Crippen LogP contribution is -2.52. The maximum Gasteiger partial charge on any atom is 0.282 e. The SMILES string of the molecule is COC(N)=NC1c2cc(-c3cccnc3F)c(F)cc2OC2(C)CCOCC12. The Morgan fingerprint density at radius 2 is 2.18 bits per heavy atom. The summed E-state index contributed by atoms with van der Waals surface area (Å²) in [7, 11) is 1.43. The standard InChI is InChI=1S/C20H21F2N3O3/c1-20-5-7-27-10-14(20)17(25-19(23)26-2)13-8-12(15(21)9-16(13)28-20)11-4-3-6-24-18(11)22/h3-4,6,8-9,14,17H,5,7,10H2,1-2H3,(H2,23,25). The van der Waals surface area contributed by atoms with E-state index in [1.807, 2.05) is 6.92 Å². The van der Waals surface area contributed by atoms with Crippen LogP contribution in [0.1, 0.15) is 24.9 Å². The molecule has 0 radical (unpaired) electrons. The van der Waals surface area contributed by atoms with Gasteiger partial charge >= 0.3 is 0 Å². The Labute approximate surface area is 161 Å². The highest BCUT2D eigenvalue weighted by molar-refractivity contribution is 5.72. The van der Waals surface area contributed by atoms with E-state index < -0.39 is 23.4 Å². The van der Waals surface area contributed by atoms with Crippen LogP contribution < -0.4 is 10.5 Å². The maximum absolute atomic E-state index is 14.9. The molecule has 3 atom stereocenters. The van der Waals surface area contributed by atoms with Crippen LogP contribution in [0, 0.1) is 17.7 Å². The zero-order chi connectivity index (χ0) is 19.9. The van der Waals surface area contributed by atoms with E-state index in [9.17, 15) is 8.78 Å². The van der Waals surface area contributed by atoms with Crippen molar-refractivity contribution < 1.29 is 23.0 Å². The van der Waals surface area contributed by atoms with Crippen molar-refractivity contribution in [3.8, 4) is 16.9 Å². The lowest BCUT2D eigenvalue weighted by molar-refractivity contribution is -0.104. The molecule has 2 aliphatic rings. The number of hydrogen-bond acceptors (Lipinski definition) is 5. The maximum atomic E-state index is 14.9. The van der Waals surface area contributed by atoms with Crippen molar-refractivity contribution in [2.24, 2.45) is 16.6 Å². The van der Waals surface area contributed by atoms with Gasteiger partial charge in [0.15, 0.2) is 0 Å². The topological polar surface area (TPSA) is 79.0 Å². The van der Waals surface area contributed by atoms with Crippen molar-refractivity contribution in [3.63, 3.8) is 0 Å². The summed E-state index contributed by atoms with van der Waals surface area (Å²) in [5, 5.41) is 0. The average Bonchev–Trinajstić information content (AvgIpc) is 2.67. The molecule has 8 heteroatoms. The number of hydrogen-bond donors (Lipinski definition) is 1. The Kier molecular flexibility index (Phi) is 4.66. The minimum atomic E-state index is -0.750. The molecule has 1 fully saturated rings. The van der Waals surface area contributed by atoms with E-state index in [2.05, 4.69) is 9.98 Å². The molecular formula is C20H21F2N3O3. The van der Waals surface area contributed by atoms with Gasteiger partial charge in [0.2, 0.25) is 5.95 Å². The molecule has 0 bridgehead atoms. The minimum absolute atomic E-state index is 0.00390. The number of aromatic nitrogens is 1. The van der Waals surface area contributed by atoms with Gasteiger partial charge in [0.05, 0.1) is 26.4 Å². The van der Waals surface area contributed by atoms with E-state index in [0.29, 0.717) is 30.9 Å². The molecule has 0 aliphatic carbocycles. The zero-order valence-corrected chi connectivity index (χ0v) is 15.6. The molecule has 1 aromatic carbocycles. The Hall–Kier alpha value is -2.74. The second-order valence-corrected chi connectivity index (χ2v) is 7.17. The molecule has 1 saturated heterocycles. The molecule has 2 aromatic rings. The van der Waals surface area contributed by atoms with E-state index in [0.717, 1.165) is 0 Å². The molecule has 3 heterocycles. The van der Waals surface area contributed by atoms with Gasteiger partial charge in [-0.05, 0) is 25.1 Å². The summed E-state index contributed by atoms with van der Waals surface area (Å²) < 4.78 is 45.9. The number of aliphatic imine (C=N–C) groups is 1. The zero-order valence-electron chi connectivity index (χ0n) is 15.6. The van der Waals surface area contributed by atoms with Gasteiger partial charge in [0.25, 0.3) is 6.02 Å². The van der Waals surface area contributed by atoms with Crippen LogP contribution in [0.5, 0.6) is 5.75 Å². The van der Waals surface area contributed by atoms with Gasteiger partial charge in [0, 0.05) is 41.3 Å². The molecule has 148 valence electrons. The van der Waals surface area contributed by atoms with Crippen LogP contribution in [0.3, 0.4) is 0 Å². The summed E-state index contributed by atoms with van der Waals surface area (Å²) in [6.45, 7) is 2.91. The van der Waals surface area contributed by atoms with Crippen molar-refractivity contribution >= 4 is 6.02 Å². The van der Waals surface area contributed by atoms with E-state index in [4.69, 9.17) is 19.9 Å². The molecule has 3 unspecified atom stereocenters. The fourth-order valence-corrected chi connectivity index (χ4v) is 3.90. The van der Waals surface area contributed by atoms with Crippen LogP contribution >= 0.6 is 0 Å². The first-order chi connectivity index (χ1) is 13.4. The van der Waals surface area contributed by atoms with E-state index in [1.165, 1.54) is 25.4 Å². The normalized spacial score (nSPS) is 26.8. The van der Waals surface area contributed by atoms with Crippen molar-refractivity contribution in [3.05, 3.63) is 47.8 Å². The van der Waals surface area contributed by atoms with Gasteiger partial charge in [-0.1, -0.05) is 0 Å². The van der Waals surface area contributed by atoms with Crippen LogP contribution in [0.25, 0.3) is 11.1 Å². The van der Waals surface area contributed by atoms with Crippen LogP contribution in [0.4, 0.5) is 8.78 Å². The van der Waals surface area contributed by atoms with Crippen LogP contribution in [-0.4, -0.2) is 36.9 Å². The number of nitrogens with two attached hydrogens (primary N) is 1. The monoisotopic (exact) mass is 389 g/mol. The summed E-state index contributed by atoms with van der Waals surface area (Å²) in [6, 6.07) is 5.39. The third-order valence-electron chi connectivity index (χ3n) is 5.49. The number of nitrogens with zero attached hydrogens (tertiary/aromatic N) is 2. The fraction of sp³-hybridized carbons (Fsp3) is 0.400. The number of halogens is 2. The summed E-state index contributed by atoms with van der Waals surface area (Å²) in [6.07, 6.45) is 1.95. The van der Waals surface area contributed by atoms with Crippen LogP contribution in [0.2, 0.25) is 0 Å². The van der Waals surface area contributed by atoms with Gasteiger partial charge in [-0.3, -0.25) is 0 Å². The number of rotatable bonds is 2. The number of methoxy groups -OCH3 is 1. The highest BCUT2D eigenvalue weighted by Gasteiger charge is 2.49. The van der Waals surface area contributed by atoms with Crippen molar-refractivity contribution in [1.82, 2.24) is 4.98 Å². The summed E-state index contributed by atoms with van der Waals surface area (Å²) in [5.41, 5.74) is 6.01. The van der Waals surface area contributed by atoms with Gasteiger partial charge < -0.3 is 19.9 Å². The Balaban J connectivity index is 1.90. The summed E-state index contributed by atoms with van der Waals surface area (Å²) in [4.78, 5) is 8.11. The number of pyridine rings is 1. The Morgan fingerprint density at radius 1 is 1.36 bits per heavy atom. The number of ether oxygens (including phenoxy) is 3. The highest BCUT2D eigenvalue weighted by atomic mass is 19.1. The quantitative estimate of drug-likeness (QED) is 0.485. The molecule has 2 N–H and O–H groups in total. The van der Waals surface area contributed by atoms with Crippen molar-refractivity contribution in [2.75, 3.05) is 20.3 Å². The predicted molar refractivity (Wildman–Crippen MR) is 98.9 cm³/mol. The van der Waals surface area contributed by atoms with Gasteiger partial charge in [-0.2, -0.15) is 4.39 Å². The van der Waals surface area contributed by atoms with E-state index >= 15 is 0 Å². The number of benzene rings is 1. The van der Waals surface area contributed by atoms with Gasteiger partial charge in [-0.25, -0.2) is 14.4 Å². The van der Waals surface area contributed by atoms with Gasteiger partial charge in [0.1, 0.15) is 17.2 Å². The lowest BCUT2D eigenvalue weighted by atomic mass is 9.75. The Bertz CT molecular complexity index is 937. The average molecular weight is 389 g/mol. The molecule has 1 aromatic heterocycles. The molecule has 0 saturated carbocycles. The molecular weight excluding hydrogens is 368 g/mol. The smallest absolute Gasteiger partial charge is 0.282 e. The molecule has 0 amide bonds. The number of fused-ring (bicyclic) bond motifs is 2. The van der Waals surface area contributed by atoms with Crippen LogP contribution in [0.15, 0.2) is 35.5 Å². The third kappa shape index (κ3) is 3.07. The summed E-state index contributed by atoms with van der Waals surface area (Å²) in [5.74, 6) is -1.13. The van der Waals surface area contributed by atoms with E-state index in [-0.39, 0.29) is 23.1 Å².